The summed E-state index contributed by atoms with van der Waals surface area (Å²) in [4.78, 5) is 61.6. The Kier molecular flexibility index (Phi) is 18.6. The Labute approximate surface area is 291 Å². The van der Waals surface area contributed by atoms with Gasteiger partial charge in [-0.3, -0.25) is 24.0 Å². The number of carbonyl (C=O) groups is 5. The molecule has 0 radical (unpaired) electrons. The highest BCUT2D eigenvalue weighted by molar-refractivity contribution is 5.97. The number of hydrogen-bond donors (Lipinski definition) is 5. The van der Waals surface area contributed by atoms with Crippen LogP contribution < -0.4 is 31.9 Å². The molecule has 0 fully saturated rings. The summed E-state index contributed by atoms with van der Waals surface area (Å²) in [6.07, 6.45) is 0.136. The molecule has 6 N–H and O–H groups in total. The number of para-hydroxylation sites is 1. The monoisotopic (exact) mass is 694 g/mol. The summed E-state index contributed by atoms with van der Waals surface area (Å²) < 4.78 is 21.8. The van der Waals surface area contributed by atoms with Crippen molar-refractivity contribution in [1.29, 1.82) is 0 Å². The van der Waals surface area contributed by atoms with E-state index in [1.54, 1.807) is 4.90 Å². The lowest BCUT2D eigenvalue weighted by Crippen LogP contribution is -2.43. The highest BCUT2D eigenvalue weighted by Gasteiger charge is 2.21. The normalized spacial score (nSPS) is 11.5. The molecule has 1 heterocycles. The SMILES string of the molecule is NCC(=O)NCC(=O)NCC(=O)NCCOCCOCCOCCOCCNC(=O)CCC(=O)N1Cc2ccccc2C#Cc2ccccc21. The number of rotatable bonds is 23. The van der Waals surface area contributed by atoms with Crippen molar-refractivity contribution < 1.29 is 42.9 Å². The van der Waals surface area contributed by atoms with Crippen LogP contribution >= 0.6 is 0 Å². The van der Waals surface area contributed by atoms with Crippen molar-refractivity contribution in [1.82, 2.24) is 21.3 Å². The molecule has 2 aromatic rings. The third-order valence-electron chi connectivity index (χ3n) is 7.07. The van der Waals surface area contributed by atoms with Crippen LogP contribution in [0.4, 0.5) is 5.69 Å². The first-order valence-electron chi connectivity index (χ1n) is 16.4. The standard InChI is InChI=1S/C35H46N6O9/c36-23-32(43)39-25-34(45)40-24-33(44)38-14-16-48-18-20-50-22-21-49-19-17-47-15-13-37-31(42)11-12-35(46)41-26-29-7-2-1-5-27(29)9-10-28-6-3-4-8-30(28)41/h1-8H,11-26,36H2,(H,37,42)(H,38,44)(H,39,43)(H,40,45). The molecule has 2 aromatic carbocycles. The predicted molar refractivity (Wildman–Crippen MR) is 184 cm³/mol. The van der Waals surface area contributed by atoms with Crippen molar-refractivity contribution in [2.24, 2.45) is 5.73 Å². The van der Waals surface area contributed by atoms with Gasteiger partial charge in [-0.1, -0.05) is 42.2 Å². The molecule has 50 heavy (non-hydrogen) atoms. The smallest absolute Gasteiger partial charge is 0.239 e. The summed E-state index contributed by atoms with van der Waals surface area (Å²) in [7, 11) is 0. The Morgan fingerprint density at radius 3 is 1.74 bits per heavy atom. The summed E-state index contributed by atoms with van der Waals surface area (Å²) in [5.74, 6) is 4.66. The van der Waals surface area contributed by atoms with Crippen molar-refractivity contribution in [3.8, 4) is 11.8 Å². The van der Waals surface area contributed by atoms with Gasteiger partial charge in [0.15, 0.2) is 0 Å². The quantitative estimate of drug-likeness (QED) is 0.0725. The van der Waals surface area contributed by atoms with Crippen LogP contribution in [0.2, 0.25) is 0 Å². The number of benzene rings is 2. The van der Waals surface area contributed by atoms with E-state index in [0.29, 0.717) is 59.3 Å². The number of nitrogens with one attached hydrogen (secondary N) is 4. The van der Waals surface area contributed by atoms with E-state index in [2.05, 4.69) is 33.1 Å². The lowest BCUT2D eigenvalue weighted by atomic mass is 10.0. The third kappa shape index (κ3) is 15.6. The number of carbonyl (C=O) groups excluding carboxylic acids is 5. The second kappa shape index (κ2) is 23.5. The first-order chi connectivity index (χ1) is 24.4. The summed E-state index contributed by atoms with van der Waals surface area (Å²) in [5.41, 5.74) is 8.47. The van der Waals surface area contributed by atoms with E-state index in [1.165, 1.54) is 0 Å². The van der Waals surface area contributed by atoms with Crippen LogP contribution in [-0.4, -0.2) is 115 Å². The Hall–Kier alpha value is -4.85. The Balaban J connectivity index is 1.12. The van der Waals surface area contributed by atoms with Crippen molar-refractivity contribution in [2.45, 2.75) is 19.4 Å². The van der Waals surface area contributed by atoms with Gasteiger partial charge in [-0.25, -0.2) is 0 Å². The Morgan fingerprint density at radius 2 is 1.10 bits per heavy atom. The van der Waals surface area contributed by atoms with Crippen molar-refractivity contribution in [3.05, 3.63) is 65.2 Å². The maximum Gasteiger partial charge on any atom is 0.239 e. The molecular weight excluding hydrogens is 648 g/mol. The number of anilines is 1. The molecule has 0 saturated carbocycles. The second-order valence-corrected chi connectivity index (χ2v) is 10.8. The molecule has 0 aromatic heterocycles. The van der Waals surface area contributed by atoms with Crippen molar-refractivity contribution in [3.63, 3.8) is 0 Å². The summed E-state index contributed by atoms with van der Waals surface area (Å²) in [6, 6.07) is 15.3. The number of nitrogens with zero attached hydrogens (tertiary/aromatic N) is 1. The topological polar surface area (TPSA) is 200 Å². The molecule has 5 amide bonds. The number of fused-ring (bicyclic) bond motifs is 2. The predicted octanol–water partition coefficient (Wildman–Crippen LogP) is -0.797. The molecular formula is C35H46N6O9. The summed E-state index contributed by atoms with van der Waals surface area (Å²) >= 11 is 0. The largest absolute Gasteiger partial charge is 0.377 e. The first kappa shape index (κ1) is 39.6. The molecule has 3 rings (SSSR count). The molecule has 1 aliphatic heterocycles. The summed E-state index contributed by atoms with van der Waals surface area (Å²) in [6.45, 7) is 3.08. The number of ether oxygens (including phenoxy) is 4. The number of amides is 5. The van der Waals surface area contributed by atoms with Gasteiger partial charge >= 0.3 is 0 Å². The zero-order valence-corrected chi connectivity index (χ0v) is 28.1. The molecule has 15 nitrogen and oxygen atoms in total. The highest BCUT2D eigenvalue weighted by Crippen LogP contribution is 2.26. The van der Waals surface area contributed by atoms with Crippen LogP contribution in [0.3, 0.4) is 0 Å². The maximum atomic E-state index is 13.3. The minimum absolute atomic E-state index is 0.0662. The van der Waals surface area contributed by atoms with E-state index < -0.39 is 11.8 Å². The second-order valence-electron chi connectivity index (χ2n) is 10.8. The molecule has 0 aliphatic carbocycles. The van der Waals surface area contributed by atoms with E-state index in [1.807, 2.05) is 48.5 Å². The number of hydrogen-bond acceptors (Lipinski definition) is 10. The fraction of sp³-hybridized carbons (Fsp3) is 0.457. The first-order valence-corrected chi connectivity index (χ1v) is 16.4. The van der Waals surface area contributed by atoms with Gasteiger partial charge < -0.3 is 50.8 Å². The number of nitrogens with two attached hydrogens (primary N) is 1. The van der Waals surface area contributed by atoms with E-state index in [-0.39, 0.29) is 63.3 Å². The van der Waals surface area contributed by atoms with Crippen LogP contribution in [0.5, 0.6) is 0 Å². The molecule has 0 saturated heterocycles. The molecule has 0 bridgehead atoms. The van der Waals surface area contributed by atoms with Crippen molar-refractivity contribution in [2.75, 3.05) is 90.5 Å². The maximum absolute atomic E-state index is 13.3. The van der Waals surface area contributed by atoms with Gasteiger partial charge in [-0.15, -0.1) is 0 Å². The van der Waals surface area contributed by atoms with E-state index >= 15 is 0 Å². The van der Waals surface area contributed by atoms with Gasteiger partial charge in [0.05, 0.1) is 84.7 Å². The Bertz CT molecular complexity index is 1480. The fourth-order valence-corrected chi connectivity index (χ4v) is 4.49. The highest BCUT2D eigenvalue weighted by atomic mass is 16.6. The van der Waals surface area contributed by atoms with Gasteiger partial charge in [0.1, 0.15) is 0 Å². The van der Waals surface area contributed by atoms with Gasteiger partial charge in [0.25, 0.3) is 0 Å². The minimum Gasteiger partial charge on any atom is -0.377 e. The van der Waals surface area contributed by atoms with Crippen LogP contribution in [0.25, 0.3) is 0 Å². The van der Waals surface area contributed by atoms with E-state index in [0.717, 1.165) is 22.4 Å². The van der Waals surface area contributed by atoms with Gasteiger partial charge in [0, 0.05) is 37.1 Å². The average Bonchev–Trinajstić information content (AvgIpc) is 3.12. The molecule has 270 valence electrons. The Morgan fingerprint density at radius 1 is 0.600 bits per heavy atom. The van der Waals surface area contributed by atoms with Gasteiger partial charge in [0.2, 0.25) is 29.5 Å². The lowest BCUT2D eigenvalue weighted by Gasteiger charge is -2.26. The third-order valence-corrected chi connectivity index (χ3v) is 7.07. The van der Waals surface area contributed by atoms with Gasteiger partial charge in [-0.2, -0.15) is 0 Å². The molecule has 0 spiro atoms. The van der Waals surface area contributed by atoms with Crippen LogP contribution in [0.1, 0.15) is 29.5 Å². The van der Waals surface area contributed by atoms with Crippen LogP contribution in [-0.2, 0) is 49.5 Å². The molecule has 15 heteroatoms. The summed E-state index contributed by atoms with van der Waals surface area (Å²) in [5, 5.41) is 10.1. The van der Waals surface area contributed by atoms with Crippen LogP contribution in [0, 0.1) is 11.8 Å². The fourth-order valence-electron chi connectivity index (χ4n) is 4.49. The zero-order chi connectivity index (χ0) is 35.8. The molecule has 0 atom stereocenters. The average molecular weight is 695 g/mol. The molecule has 1 aliphatic rings. The van der Waals surface area contributed by atoms with Crippen LogP contribution in [0.15, 0.2) is 48.5 Å². The lowest BCUT2D eigenvalue weighted by molar-refractivity contribution is -0.127. The van der Waals surface area contributed by atoms with Crippen molar-refractivity contribution >= 4 is 35.2 Å². The zero-order valence-electron chi connectivity index (χ0n) is 28.1. The van der Waals surface area contributed by atoms with E-state index in [4.69, 9.17) is 24.7 Å². The van der Waals surface area contributed by atoms with Gasteiger partial charge in [-0.05, 0) is 23.8 Å². The molecule has 0 unspecified atom stereocenters. The van der Waals surface area contributed by atoms with E-state index in [9.17, 15) is 24.0 Å². The minimum atomic E-state index is -0.495.